The van der Waals surface area contributed by atoms with Gasteiger partial charge in [-0.2, -0.15) is 0 Å². The van der Waals surface area contributed by atoms with Crippen molar-refractivity contribution in [2.24, 2.45) is 5.16 Å². The maximum Gasteiger partial charge on any atom is 0.260 e. The van der Waals surface area contributed by atoms with Gasteiger partial charge in [0.05, 0.1) is 10.9 Å². The van der Waals surface area contributed by atoms with Gasteiger partial charge in [-0.05, 0) is 41.8 Å². The molecule has 3 aromatic rings. The highest BCUT2D eigenvalue weighted by molar-refractivity contribution is 7.89. The molecule has 2 atom stereocenters. The first-order chi connectivity index (χ1) is 15.8. The molecule has 11 heteroatoms. The van der Waals surface area contributed by atoms with Gasteiger partial charge in [0.2, 0.25) is 0 Å². The molecular formula is C23H21Cl2F2N3O3S. The van der Waals surface area contributed by atoms with Crippen molar-refractivity contribution >= 4 is 40.4 Å². The first-order valence-corrected chi connectivity index (χ1v) is 11.9. The Labute approximate surface area is 207 Å². The maximum atomic E-state index is 14.0. The number of sulfonamides is 1. The summed E-state index contributed by atoms with van der Waals surface area (Å²) in [6.45, 7) is 0.185. The Balaban J connectivity index is 0.00000324. The van der Waals surface area contributed by atoms with E-state index in [-0.39, 0.29) is 24.9 Å². The summed E-state index contributed by atoms with van der Waals surface area (Å²) in [6, 6.07) is 17.4. The predicted octanol–water partition coefficient (Wildman–Crippen LogP) is 5.59. The van der Waals surface area contributed by atoms with Crippen LogP contribution in [-0.2, 0) is 10.0 Å². The third kappa shape index (κ3) is 5.17. The number of hydrogen-bond acceptors (Lipinski definition) is 4. The zero-order valence-electron chi connectivity index (χ0n) is 17.6. The lowest BCUT2D eigenvalue weighted by Crippen LogP contribution is -2.53. The van der Waals surface area contributed by atoms with E-state index in [0.29, 0.717) is 23.1 Å². The second-order valence-corrected chi connectivity index (χ2v) is 9.81. The molecular weight excluding hydrogens is 507 g/mol. The highest BCUT2D eigenvalue weighted by atomic mass is 35.5. The summed E-state index contributed by atoms with van der Waals surface area (Å²) in [5.74, 6) is -2.34. The molecule has 2 unspecified atom stereocenters. The van der Waals surface area contributed by atoms with Crippen LogP contribution >= 0.6 is 24.0 Å². The van der Waals surface area contributed by atoms with E-state index in [0.717, 1.165) is 28.4 Å². The summed E-state index contributed by atoms with van der Waals surface area (Å²) in [6.07, 6.45) is 1.49. The average molecular weight is 528 g/mol. The van der Waals surface area contributed by atoms with E-state index in [9.17, 15) is 22.4 Å². The van der Waals surface area contributed by atoms with Crippen LogP contribution in [0.25, 0.3) is 0 Å². The molecule has 0 spiro atoms. The van der Waals surface area contributed by atoms with E-state index in [1.807, 2.05) is 30.3 Å². The fourth-order valence-electron chi connectivity index (χ4n) is 4.15. The Morgan fingerprint density at radius 2 is 1.59 bits per heavy atom. The van der Waals surface area contributed by atoms with Crippen molar-refractivity contribution < 1.29 is 22.4 Å². The summed E-state index contributed by atoms with van der Waals surface area (Å²) < 4.78 is 56.5. The number of rotatable bonds is 5. The molecule has 180 valence electrons. The largest absolute Gasteiger partial charge is 0.410 e. The summed E-state index contributed by atoms with van der Waals surface area (Å²) in [4.78, 5) is -0.552. The minimum absolute atomic E-state index is 0. The first kappa shape index (κ1) is 25.9. The minimum atomic E-state index is -4.48. The number of benzene rings is 3. The van der Waals surface area contributed by atoms with E-state index in [1.54, 1.807) is 24.3 Å². The van der Waals surface area contributed by atoms with Crippen molar-refractivity contribution in [3.8, 4) is 0 Å². The molecule has 1 fully saturated rings. The standard InChI is InChI=1S/C23H20ClF2N3O3S.ClH/c24-18-8-6-17(7-9-18)23-22(16-4-2-1-3-5-16)10-11-28(15-27-30)29(23)33(31,32)21-13-19(25)12-20(26)14-21;/h1-9,12-15,22-23,30H,10-11H2;1H. The van der Waals surface area contributed by atoms with Gasteiger partial charge in [-0.3, -0.25) is 5.01 Å². The molecule has 1 heterocycles. The highest BCUT2D eigenvalue weighted by Crippen LogP contribution is 2.45. The quantitative estimate of drug-likeness (QED) is 0.203. The van der Waals surface area contributed by atoms with E-state index in [1.165, 1.54) is 5.01 Å². The molecule has 0 aromatic heterocycles. The molecule has 0 bridgehead atoms. The summed E-state index contributed by atoms with van der Waals surface area (Å²) in [7, 11) is -4.48. The number of oxime groups is 1. The van der Waals surface area contributed by atoms with Crippen LogP contribution < -0.4 is 0 Å². The Bertz CT molecular complexity index is 1240. The van der Waals surface area contributed by atoms with Crippen LogP contribution in [-0.4, -0.2) is 35.9 Å². The molecule has 34 heavy (non-hydrogen) atoms. The number of hydrazine groups is 1. The van der Waals surface area contributed by atoms with Crippen LogP contribution in [0.2, 0.25) is 5.02 Å². The second-order valence-electron chi connectivity index (χ2n) is 7.58. The lowest BCUT2D eigenvalue weighted by Gasteiger charge is -2.46. The van der Waals surface area contributed by atoms with Gasteiger partial charge in [0.1, 0.15) is 18.0 Å². The zero-order valence-corrected chi connectivity index (χ0v) is 20.0. The molecule has 0 saturated carbocycles. The minimum Gasteiger partial charge on any atom is -0.410 e. The summed E-state index contributed by atoms with van der Waals surface area (Å²) in [5, 5.41) is 13.9. The number of hydrogen-bond donors (Lipinski definition) is 1. The SMILES string of the molecule is Cl.O=S(=O)(c1cc(F)cc(F)c1)N1C(c2ccc(Cl)cc2)C(c2ccccc2)CCN1C=NO. The molecule has 1 saturated heterocycles. The van der Waals surface area contributed by atoms with Crippen LogP contribution in [0.1, 0.15) is 29.5 Å². The van der Waals surface area contributed by atoms with Gasteiger partial charge in [-0.15, -0.1) is 16.8 Å². The van der Waals surface area contributed by atoms with Crippen molar-refractivity contribution in [1.82, 2.24) is 9.42 Å². The van der Waals surface area contributed by atoms with E-state index in [2.05, 4.69) is 5.16 Å². The van der Waals surface area contributed by atoms with E-state index in [4.69, 9.17) is 11.6 Å². The van der Waals surface area contributed by atoms with Crippen molar-refractivity contribution in [1.29, 1.82) is 0 Å². The smallest absolute Gasteiger partial charge is 0.260 e. The predicted molar refractivity (Wildman–Crippen MR) is 128 cm³/mol. The topological polar surface area (TPSA) is 73.2 Å². The molecule has 3 aromatic carbocycles. The number of nitrogens with zero attached hydrogens (tertiary/aromatic N) is 3. The normalized spacial score (nSPS) is 19.2. The monoisotopic (exact) mass is 527 g/mol. The van der Waals surface area contributed by atoms with Crippen molar-refractivity contribution in [2.45, 2.75) is 23.3 Å². The molecule has 4 rings (SSSR count). The third-order valence-corrected chi connectivity index (χ3v) is 7.56. The van der Waals surface area contributed by atoms with E-state index < -0.39 is 32.6 Å². The zero-order chi connectivity index (χ0) is 23.6. The molecule has 6 nitrogen and oxygen atoms in total. The van der Waals surface area contributed by atoms with Gasteiger partial charge in [-0.25, -0.2) is 17.2 Å². The first-order valence-electron chi connectivity index (χ1n) is 10.1. The Hall–Kier alpha value is -2.72. The van der Waals surface area contributed by atoms with Gasteiger partial charge >= 0.3 is 0 Å². The van der Waals surface area contributed by atoms with Gasteiger partial charge in [0.15, 0.2) is 0 Å². The third-order valence-electron chi connectivity index (χ3n) is 5.55. The highest BCUT2D eigenvalue weighted by Gasteiger charge is 2.45. The van der Waals surface area contributed by atoms with Gasteiger partial charge < -0.3 is 5.21 Å². The molecule has 0 aliphatic carbocycles. The average Bonchev–Trinajstić information content (AvgIpc) is 2.79. The van der Waals surface area contributed by atoms with Gasteiger partial charge in [-0.1, -0.05) is 59.2 Å². The molecule has 1 aliphatic heterocycles. The Morgan fingerprint density at radius 1 is 0.971 bits per heavy atom. The Morgan fingerprint density at radius 3 is 2.18 bits per heavy atom. The second kappa shape index (κ2) is 10.7. The van der Waals surface area contributed by atoms with Crippen LogP contribution in [0.15, 0.2) is 82.8 Å². The molecule has 1 N–H and O–H groups in total. The molecule has 1 aliphatic rings. The lowest BCUT2D eigenvalue weighted by molar-refractivity contribution is 0.0411. The lowest BCUT2D eigenvalue weighted by atomic mass is 9.83. The molecule has 0 amide bonds. The maximum absolute atomic E-state index is 14.0. The van der Waals surface area contributed by atoms with Crippen LogP contribution in [0.5, 0.6) is 0 Å². The fourth-order valence-corrected chi connectivity index (χ4v) is 5.98. The van der Waals surface area contributed by atoms with Crippen molar-refractivity contribution in [3.63, 3.8) is 0 Å². The Kier molecular flexibility index (Phi) is 8.14. The van der Waals surface area contributed by atoms with Crippen LogP contribution in [0.4, 0.5) is 8.78 Å². The van der Waals surface area contributed by atoms with Gasteiger partial charge in [0.25, 0.3) is 10.0 Å². The number of halogens is 4. The summed E-state index contributed by atoms with van der Waals surface area (Å²) in [5.41, 5.74) is 1.51. The van der Waals surface area contributed by atoms with Crippen LogP contribution in [0, 0.1) is 11.6 Å². The van der Waals surface area contributed by atoms with Gasteiger partial charge in [0, 0.05) is 23.6 Å². The van der Waals surface area contributed by atoms with Crippen LogP contribution in [0.3, 0.4) is 0 Å². The molecule has 0 radical (unpaired) electrons. The fraction of sp³-hybridized carbons (Fsp3) is 0.174. The van der Waals surface area contributed by atoms with Crippen molar-refractivity contribution in [2.75, 3.05) is 6.54 Å². The van der Waals surface area contributed by atoms with Crippen molar-refractivity contribution in [3.05, 3.63) is 101 Å². The summed E-state index contributed by atoms with van der Waals surface area (Å²) >= 11 is 6.06. The van der Waals surface area contributed by atoms with E-state index >= 15 is 0 Å².